The van der Waals surface area contributed by atoms with Crippen LogP contribution in [0.15, 0.2) is 48.5 Å². The molecule has 0 aromatic heterocycles. The maximum atomic E-state index is 11.8. The minimum absolute atomic E-state index is 0.232. The summed E-state index contributed by atoms with van der Waals surface area (Å²) in [6.07, 6.45) is 7.91. The first-order chi connectivity index (χ1) is 13.1. The predicted octanol–water partition coefficient (Wildman–Crippen LogP) is 5.15. The van der Waals surface area contributed by atoms with E-state index in [4.69, 9.17) is 0 Å². The first-order valence-electron chi connectivity index (χ1n) is 9.32. The monoisotopic (exact) mass is 364 g/mol. The van der Waals surface area contributed by atoms with Crippen molar-refractivity contribution in [2.24, 2.45) is 0 Å². The van der Waals surface area contributed by atoms with Gasteiger partial charge in [0.2, 0.25) is 0 Å². The topological polar surface area (TPSA) is 63.6 Å². The third-order valence-corrected chi connectivity index (χ3v) is 5.17. The third-order valence-electron chi connectivity index (χ3n) is 5.17. The summed E-state index contributed by atoms with van der Waals surface area (Å²) in [5.74, 6) is -0.796. The molecule has 3 rings (SSSR count). The van der Waals surface area contributed by atoms with Crippen molar-refractivity contribution in [3.63, 3.8) is 0 Å². The fourth-order valence-electron chi connectivity index (χ4n) is 3.64. The van der Waals surface area contributed by atoms with Gasteiger partial charge < -0.3 is 9.84 Å². The van der Waals surface area contributed by atoms with Gasteiger partial charge in [-0.05, 0) is 53.7 Å². The lowest BCUT2D eigenvalue weighted by molar-refractivity contribution is -0.130. The molecule has 0 heterocycles. The number of rotatable bonds is 5. The second-order valence-corrected chi connectivity index (χ2v) is 6.93. The molecular formula is C23H24O4. The minimum Gasteiger partial charge on any atom is -0.478 e. The van der Waals surface area contributed by atoms with Crippen molar-refractivity contribution < 1.29 is 19.4 Å². The van der Waals surface area contributed by atoms with E-state index in [1.807, 2.05) is 12.1 Å². The highest BCUT2D eigenvalue weighted by Crippen LogP contribution is 2.33. The van der Waals surface area contributed by atoms with E-state index in [9.17, 15) is 14.7 Å². The van der Waals surface area contributed by atoms with Crippen LogP contribution in [0.3, 0.4) is 0 Å². The van der Waals surface area contributed by atoms with Crippen LogP contribution < -0.4 is 0 Å². The molecule has 0 amide bonds. The predicted molar refractivity (Wildman–Crippen MR) is 106 cm³/mol. The first-order valence-corrected chi connectivity index (χ1v) is 9.32. The zero-order chi connectivity index (χ0) is 19.2. The lowest BCUT2D eigenvalue weighted by atomic mass is 9.83. The number of carbonyl (C=O) groups is 2. The largest absolute Gasteiger partial charge is 0.478 e. The molecule has 0 bridgehead atoms. The van der Waals surface area contributed by atoms with Crippen LogP contribution in [-0.2, 0) is 9.53 Å². The van der Waals surface area contributed by atoms with Crippen molar-refractivity contribution >= 4 is 23.6 Å². The SMILES string of the molecule is COC(=O)c1ccc(C=C(C(=O)O)c2ccc(C3CCCCC3)cc2)cc1. The van der Waals surface area contributed by atoms with Crippen molar-refractivity contribution in [2.75, 3.05) is 7.11 Å². The van der Waals surface area contributed by atoms with Crippen LogP contribution in [0.1, 0.15) is 65.1 Å². The second kappa shape index (κ2) is 8.67. The molecule has 0 atom stereocenters. The van der Waals surface area contributed by atoms with Crippen LogP contribution >= 0.6 is 0 Å². The van der Waals surface area contributed by atoms with Crippen LogP contribution in [0, 0.1) is 0 Å². The van der Waals surface area contributed by atoms with E-state index in [2.05, 4.69) is 16.9 Å². The average Bonchev–Trinajstić information content (AvgIpc) is 2.72. The Balaban J connectivity index is 1.83. The van der Waals surface area contributed by atoms with Gasteiger partial charge in [0.1, 0.15) is 0 Å². The van der Waals surface area contributed by atoms with Crippen molar-refractivity contribution in [3.8, 4) is 0 Å². The fourth-order valence-corrected chi connectivity index (χ4v) is 3.64. The number of hydrogen-bond acceptors (Lipinski definition) is 3. The van der Waals surface area contributed by atoms with E-state index in [0.717, 1.165) is 5.56 Å². The lowest BCUT2D eigenvalue weighted by Gasteiger charge is -2.22. The molecule has 0 radical (unpaired) electrons. The molecule has 0 saturated heterocycles. The van der Waals surface area contributed by atoms with Gasteiger partial charge in [0.05, 0.1) is 18.2 Å². The average molecular weight is 364 g/mol. The van der Waals surface area contributed by atoms with E-state index >= 15 is 0 Å². The van der Waals surface area contributed by atoms with Gasteiger partial charge in [0.25, 0.3) is 0 Å². The number of benzene rings is 2. The highest BCUT2D eigenvalue weighted by molar-refractivity contribution is 6.20. The van der Waals surface area contributed by atoms with Crippen molar-refractivity contribution in [2.45, 2.75) is 38.0 Å². The minimum atomic E-state index is -0.975. The molecule has 1 N–H and O–H groups in total. The molecule has 0 unspecified atom stereocenters. The quantitative estimate of drug-likeness (QED) is 0.453. The van der Waals surface area contributed by atoms with Crippen LogP contribution in [0.25, 0.3) is 11.6 Å². The number of carboxylic acid groups (broad SMARTS) is 1. The molecule has 1 fully saturated rings. The van der Waals surface area contributed by atoms with Gasteiger partial charge in [-0.3, -0.25) is 0 Å². The number of carboxylic acids is 1. The van der Waals surface area contributed by atoms with Crippen LogP contribution in [0.2, 0.25) is 0 Å². The van der Waals surface area contributed by atoms with Gasteiger partial charge in [-0.2, -0.15) is 0 Å². The molecule has 2 aromatic carbocycles. The molecule has 0 aliphatic heterocycles. The van der Waals surface area contributed by atoms with E-state index < -0.39 is 11.9 Å². The van der Waals surface area contributed by atoms with Gasteiger partial charge >= 0.3 is 11.9 Å². The normalized spacial score (nSPS) is 15.4. The molecule has 1 aliphatic carbocycles. The summed E-state index contributed by atoms with van der Waals surface area (Å²) in [6.45, 7) is 0. The van der Waals surface area contributed by atoms with E-state index in [0.29, 0.717) is 17.0 Å². The maximum Gasteiger partial charge on any atom is 0.337 e. The zero-order valence-electron chi connectivity index (χ0n) is 15.5. The Morgan fingerprint density at radius 2 is 1.52 bits per heavy atom. The van der Waals surface area contributed by atoms with Crippen LogP contribution in [-0.4, -0.2) is 24.2 Å². The standard InChI is InChI=1S/C23H24O4/c1-27-23(26)20-9-7-16(8-10-20)15-21(22(24)25)19-13-11-18(12-14-19)17-5-3-2-4-6-17/h7-15,17H,2-6H2,1H3,(H,24,25). The summed E-state index contributed by atoms with van der Waals surface area (Å²) < 4.78 is 4.68. The van der Waals surface area contributed by atoms with Gasteiger partial charge in [-0.1, -0.05) is 55.7 Å². The van der Waals surface area contributed by atoms with Gasteiger partial charge in [-0.25, -0.2) is 9.59 Å². The van der Waals surface area contributed by atoms with Gasteiger partial charge in [0, 0.05) is 0 Å². The van der Waals surface area contributed by atoms with Crippen molar-refractivity contribution in [1.29, 1.82) is 0 Å². The van der Waals surface area contributed by atoms with E-state index in [1.165, 1.54) is 44.8 Å². The summed E-state index contributed by atoms with van der Waals surface area (Å²) in [7, 11) is 1.33. The number of hydrogen-bond donors (Lipinski definition) is 1. The number of ether oxygens (including phenoxy) is 1. The molecular weight excluding hydrogens is 340 g/mol. The molecule has 1 aliphatic rings. The summed E-state index contributed by atoms with van der Waals surface area (Å²) >= 11 is 0. The molecule has 2 aromatic rings. The smallest absolute Gasteiger partial charge is 0.337 e. The Morgan fingerprint density at radius 1 is 0.926 bits per heavy atom. The summed E-state index contributed by atoms with van der Waals surface area (Å²) in [4.78, 5) is 23.3. The summed E-state index contributed by atoms with van der Waals surface area (Å²) in [5.41, 5.74) is 3.36. The molecule has 1 saturated carbocycles. The molecule has 140 valence electrons. The van der Waals surface area contributed by atoms with Gasteiger partial charge in [0.15, 0.2) is 0 Å². The van der Waals surface area contributed by atoms with Crippen molar-refractivity contribution in [1.82, 2.24) is 0 Å². The lowest BCUT2D eigenvalue weighted by Crippen LogP contribution is -2.05. The summed E-state index contributed by atoms with van der Waals surface area (Å²) in [6, 6.07) is 14.6. The summed E-state index contributed by atoms with van der Waals surface area (Å²) in [5, 5.41) is 9.64. The highest BCUT2D eigenvalue weighted by Gasteiger charge is 2.16. The maximum absolute atomic E-state index is 11.8. The zero-order valence-corrected chi connectivity index (χ0v) is 15.5. The number of carbonyl (C=O) groups excluding carboxylic acids is 1. The molecule has 4 nitrogen and oxygen atoms in total. The Kier molecular flexibility index (Phi) is 6.07. The Bertz CT molecular complexity index is 826. The molecule has 0 spiro atoms. The second-order valence-electron chi connectivity index (χ2n) is 6.93. The van der Waals surface area contributed by atoms with Crippen molar-refractivity contribution in [3.05, 3.63) is 70.8 Å². The van der Waals surface area contributed by atoms with E-state index in [1.54, 1.807) is 30.3 Å². The van der Waals surface area contributed by atoms with Crippen LogP contribution in [0.4, 0.5) is 0 Å². The molecule has 27 heavy (non-hydrogen) atoms. The Hall–Kier alpha value is -2.88. The van der Waals surface area contributed by atoms with Crippen LogP contribution in [0.5, 0.6) is 0 Å². The fraction of sp³-hybridized carbons (Fsp3) is 0.304. The number of aliphatic carboxylic acids is 1. The van der Waals surface area contributed by atoms with Gasteiger partial charge in [-0.15, -0.1) is 0 Å². The molecule has 4 heteroatoms. The van der Waals surface area contributed by atoms with E-state index in [-0.39, 0.29) is 5.57 Å². The number of esters is 1. The Labute approximate surface area is 159 Å². The third kappa shape index (κ3) is 4.64. The first kappa shape index (κ1) is 18.9. The highest BCUT2D eigenvalue weighted by atomic mass is 16.5. The number of methoxy groups -OCH3 is 1. The Morgan fingerprint density at radius 3 is 2.07 bits per heavy atom.